The summed E-state index contributed by atoms with van der Waals surface area (Å²) < 4.78 is 5.99. The van der Waals surface area contributed by atoms with Gasteiger partial charge in [-0.1, -0.05) is 93.6 Å². The summed E-state index contributed by atoms with van der Waals surface area (Å²) in [6.45, 7) is 8.68. The Bertz CT molecular complexity index is 1570. The molecule has 1 aliphatic heterocycles. The highest BCUT2D eigenvalue weighted by atomic mass is 16.5. The lowest BCUT2D eigenvalue weighted by atomic mass is 9.87. The molecular weight excluding hydrogens is 498 g/mol. The third-order valence-corrected chi connectivity index (χ3v) is 7.26. The van der Waals surface area contributed by atoms with Gasteiger partial charge in [-0.05, 0) is 64.9 Å². The van der Waals surface area contributed by atoms with Crippen LogP contribution < -0.4 is 9.64 Å². The molecule has 5 nitrogen and oxygen atoms in total. The number of ether oxygens (including phenoxy) is 1. The highest BCUT2D eigenvalue weighted by molar-refractivity contribution is 6.51. The van der Waals surface area contributed by atoms with E-state index < -0.39 is 17.7 Å². The zero-order chi connectivity index (χ0) is 28.4. The third kappa shape index (κ3) is 5.28. The summed E-state index contributed by atoms with van der Waals surface area (Å²) in [5, 5.41) is 11.5. The second-order valence-electron chi connectivity index (χ2n) is 11.1. The summed E-state index contributed by atoms with van der Waals surface area (Å²) in [7, 11) is 0. The molecule has 0 spiro atoms. The van der Waals surface area contributed by atoms with E-state index in [4.69, 9.17) is 4.74 Å². The predicted octanol–water partition coefficient (Wildman–Crippen LogP) is 7.50. The average Bonchev–Trinajstić information content (AvgIpc) is 3.22. The largest absolute Gasteiger partial charge is 0.507 e. The summed E-state index contributed by atoms with van der Waals surface area (Å²) in [5.74, 6) is -0.912. The van der Waals surface area contributed by atoms with E-state index in [9.17, 15) is 14.7 Å². The van der Waals surface area contributed by atoms with E-state index in [1.807, 2.05) is 91.9 Å². The average molecular weight is 532 g/mol. The van der Waals surface area contributed by atoms with Crippen LogP contribution in [0.2, 0.25) is 0 Å². The fraction of sp³-hybridized carbons (Fsp3) is 0.200. The monoisotopic (exact) mass is 531 g/mol. The predicted molar refractivity (Wildman–Crippen MR) is 158 cm³/mol. The Labute approximate surface area is 235 Å². The van der Waals surface area contributed by atoms with Crippen LogP contribution in [0, 0.1) is 6.92 Å². The molecule has 5 heteroatoms. The number of rotatable bonds is 6. The maximum Gasteiger partial charge on any atom is 0.300 e. The number of carbonyl (C=O) groups excluding carboxylic acids is 2. The fourth-order valence-electron chi connectivity index (χ4n) is 5.02. The first-order valence-electron chi connectivity index (χ1n) is 13.4. The van der Waals surface area contributed by atoms with E-state index in [-0.39, 0.29) is 16.7 Å². The van der Waals surface area contributed by atoms with Gasteiger partial charge >= 0.3 is 0 Å². The lowest BCUT2D eigenvalue weighted by molar-refractivity contribution is -0.132. The molecule has 5 rings (SSSR count). The first-order chi connectivity index (χ1) is 19.1. The molecule has 1 fully saturated rings. The molecule has 4 aromatic carbocycles. The number of amides is 1. The standard InChI is InChI=1S/C35H33NO4/c1-23-21-26(15-20-29(23)40-22-24-11-7-5-8-12-24)32(37)30-31(25-13-9-6-10-14-25)36(34(39)33(30)38)28-18-16-27(17-19-28)35(2,3)4/h5-21,31,37H,22H2,1-4H3/b32-30-. The molecule has 1 amide bonds. The van der Waals surface area contributed by atoms with Gasteiger partial charge < -0.3 is 9.84 Å². The molecule has 0 bridgehead atoms. The number of aliphatic hydroxyl groups excluding tert-OH is 1. The number of nitrogens with zero attached hydrogens (tertiary/aromatic N) is 1. The number of Topliss-reactive ketones (excluding diaryl/α,β-unsaturated/α-hetero) is 1. The van der Waals surface area contributed by atoms with Crippen LogP contribution in [0.3, 0.4) is 0 Å². The van der Waals surface area contributed by atoms with E-state index >= 15 is 0 Å². The maximum atomic E-state index is 13.5. The molecule has 40 heavy (non-hydrogen) atoms. The van der Waals surface area contributed by atoms with Crippen LogP contribution in [0.1, 0.15) is 54.6 Å². The number of aryl methyl sites for hydroxylation is 1. The number of anilines is 1. The summed E-state index contributed by atoms with van der Waals surface area (Å²) in [4.78, 5) is 28.4. The van der Waals surface area contributed by atoms with E-state index in [1.165, 1.54) is 4.90 Å². The maximum absolute atomic E-state index is 13.5. The Morgan fingerprint density at radius 2 is 1.48 bits per heavy atom. The van der Waals surface area contributed by atoms with Crippen molar-refractivity contribution >= 4 is 23.1 Å². The van der Waals surface area contributed by atoms with Crippen molar-refractivity contribution in [1.82, 2.24) is 0 Å². The van der Waals surface area contributed by atoms with Gasteiger partial charge in [-0.2, -0.15) is 0 Å². The quantitative estimate of drug-likeness (QED) is 0.159. The molecular formula is C35H33NO4. The lowest BCUT2D eigenvalue weighted by Gasteiger charge is -2.26. The highest BCUT2D eigenvalue weighted by Gasteiger charge is 2.47. The van der Waals surface area contributed by atoms with Gasteiger partial charge in [0.1, 0.15) is 18.1 Å². The first kappa shape index (κ1) is 26.9. The molecule has 1 N–H and O–H groups in total. The van der Waals surface area contributed by atoms with Gasteiger partial charge in [-0.3, -0.25) is 14.5 Å². The zero-order valence-corrected chi connectivity index (χ0v) is 23.2. The fourth-order valence-corrected chi connectivity index (χ4v) is 5.02. The van der Waals surface area contributed by atoms with Gasteiger partial charge in [-0.15, -0.1) is 0 Å². The molecule has 1 atom stereocenters. The second kappa shape index (κ2) is 10.9. The summed E-state index contributed by atoms with van der Waals surface area (Å²) in [6, 6.07) is 31.4. The number of ketones is 1. The van der Waals surface area contributed by atoms with Gasteiger partial charge in [0.05, 0.1) is 11.6 Å². The Kier molecular flexibility index (Phi) is 7.31. The third-order valence-electron chi connectivity index (χ3n) is 7.26. The summed E-state index contributed by atoms with van der Waals surface area (Å²) in [5.41, 5.74) is 4.77. The molecule has 0 aromatic heterocycles. The minimum Gasteiger partial charge on any atom is -0.507 e. The van der Waals surface area contributed by atoms with Crippen molar-refractivity contribution in [3.63, 3.8) is 0 Å². The van der Waals surface area contributed by atoms with Crippen LogP contribution in [-0.2, 0) is 21.6 Å². The summed E-state index contributed by atoms with van der Waals surface area (Å²) in [6.07, 6.45) is 0. The number of hydrogen-bond donors (Lipinski definition) is 1. The van der Waals surface area contributed by atoms with Crippen molar-refractivity contribution in [2.75, 3.05) is 4.90 Å². The molecule has 0 radical (unpaired) electrons. The summed E-state index contributed by atoms with van der Waals surface area (Å²) >= 11 is 0. The zero-order valence-electron chi connectivity index (χ0n) is 23.2. The van der Waals surface area contributed by atoms with Crippen molar-refractivity contribution in [3.05, 3.63) is 137 Å². The molecule has 202 valence electrons. The van der Waals surface area contributed by atoms with Gasteiger partial charge in [0.2, 0.25) is 0 Å². The van der Waals surface area contributed by atoms with E-state index in [1.54, 1.807) is 18.2 Å². The molecule has 1 saturated heterocycles. The van der Waals surface area contributed by atoms with Crippen LogP contribution in [0.5, 0.6) is 5.75 Å². The number of aliphatic hydroxyl groups is 1. The van der Waals surface area contributed by atoms with Crippen LogP contribution in [0.4, 0.5) is 5.69 Å². The van der Waals surface area contributed by atoms with E-state index in [0.717, 1.165) is 22.3 Å². The van der Waals surface area contributed by atoms with Crippen LogP contribution in [0.15, 0.2) is 109 Å². The Balaban J connectivity index is 1.54. The molecule has 1 unspecified atom stereocenters. The van der Waals surface area contributed by atoms with Gasteiger partial charge in [0, 0.05) is 11.3 Å². The van der Waals surface area contributed by atoms with Crippen LogP contribution >= 0.6 is 0 Å². The van der Waals surface area contributed by atoms with Crippen molar-refractivity contribution in [1.29, 1.82) is 0 Å². The smallest absolute Gasteiger partial charge is 0.300 e. The topological polar surface area (TPSA) is 66.8 Å². The van der Waals surface area contributed by atoms with Crippen molar-refractivity contribution in [2.45, 2.75) is 45.8 Å². The Morgan fingerprint density at radius 3 is 2.08 bits per heavy atom. The SMILES string of the molecule is Cc1cc(/C(O)=C2/C(=O)C(=O)N(c3ccc(C(C)(C)C)cc3)C2c2ccccc2)ccc1OCc1ccccc1. The van der Waals surface area contributed by atoms with Gasteiger partial charge in [0.15, 0.2) is 0 Å². The van der Waals surface area contributed by atoms with Gasteiger partial charge in [0.25, 0.3) is 11.7 Å². The second-order valence-corrected chi connectivity index (χ2v) is 11.1. The molecule has 1 aliphatic rings. The molecule has 0 saturated carbocycles. The number of carbonyl (C=O) groups is 2. The van der Waals surface area contributed by atoms with Crippen LogP contribution in [-0.4, -0.2) is 16.8 Å². The Morgan fingerprint density at radius 1 is 0.850 bits per heavy atom. The van der Waals surface area contributed by atoms with Crippen molar-refractivity contribution in [2.24, 2.45) is 0 Å². The highest BCUT2D eigenvalue weighted by Crippen LogP contribution is 2.42. The lowest BCUT2D eigenvalue weighted by Crippen LogP contribution is -2.29. The Hall–Kier alpha value is -4.64. The normalized spacial score (nSPS) is 16.8. The van der Waals surface area contributed by atoms with Crippen LogP contribution in [0.25, 0.3) is 5.76 Å². The van der Waals surface area contributed by atoms with Crippen molar-refractivity contribution < 1.29 is 19.4 Å². The van der Waals surface area contributed by atoms with E-state index in [2.05, 4.69) is 20.8 Å². The molecule has 1 heterocycles. The minimum atomic E-state index is -0.768. The molecule has 4 aromatic rings. The number of hydrogen-bond acceptors (Lipinski definition) is 4. The minimum absolute atomic E-state index is 0.0552. The van der Waals surface area contributed by atoms with Crippen molar-refractivity contribution in [3.8, 4) is 5.75 Å². The van der Waals surface area contributed by atoms with Gasteiger partial charge in [-0.25, -0.2) is 0 Å². The first-order valence-corrected chi connectivity index (χ1v) is 13.4. The number of benzene rings is 4. The molecule has 0 aliphatic carbocycles. The van der Waals surface area contributed by atoms with E-state index in [0.29, 0.717) is 23.6 Å².